The second-order valence-corrected chi connectivity index (χ2v) is 8.99. The van der Waals surface area contributed by atoms with Crippen molar-refractivity contribution in [2.45, 2.75) is 65.5 Å². The van der Waals surface area contributed by atoms with Gasteiger partial charge in [0, 0.05) is 37.4 Å². The normalized spacial score (nSPS) is 28.8. The van der Waals surface area contributed by atoms with E-state index in [2.05, 4.69) is 38.3 Å². The molecule has 0 radical (unpaired) electrons. The maximum Gasteiger partial charge on any atom is 0.191 e. The lowest BCUT2D eigenvalue weighted by Gasteiger charge is -2.39. The number of halogens is 1. The molecule has 6 heteroatoms. The average molecular weight is 469 g/mol. The number of thioether (sulfide) groups is 1. The average Bonchev–Trinajstić information content (AvgIpc) is 2.53. The van der Waals surface area contributed by atoms with Crippen molar-refractivity contribution in [3.8, 4) is 0 Å². The van der Waals surface area contributed by atoms with Crippen LogP contribution in [0.3, 0.4) is 0 Å². The van der Waals surface area contributed by atoms with Crippen molar-refractivity contribution >= 4 is 41.7 Å². The van der Waals surface area contributed by atoms with Gasteiger partial charge in [-0.3, -0.25) is 4.99 Å². The fourth-order valence-electron chi connectivity index (χ4n) is 3.56. The van der Waals surface area contributed by atoms with Crippen molar-refractivity contribution in [2.75, 3.05) is 31.2 Å². The van der Waals surface area contributed by atoms with E-state index in [4.69, 9.17) is 9.73 Å². The first-order chi connectivity index (χ1) is 11.0. The second kappa shape index (κ2) is 11.1. The predicted octanol–water partition coefficient (Wildman–Crippen LogP) is 3.90. The van der Waals surface area contributed by atoms with E-state index in [1.165, 1.54) is 30.8 Å². The molecule has 0 spiro atoms. The number of nitrogens with one attached hydrogen (secondary N) is 2. The molecule has 3 unspecified atom stereocenters. The van der Waals surface area contributed by atoms with E-state index in [-0.39, 0.29) is 29.4 Å². The molecule has 0 bridgehead atoms. The molecule has 24 heavy (non-hydrogen) atoms. The van der Waals surface area contributed by atoms with E-state index in [9.17, 15) is 0 Å². The monoisotopic (exact) mass is 469 g/mol. The van der Waals surface area contributed by atoms with Crippen molar-refractivity contribution in [1.82, 2.24) is 10.6 Å². The Morgan fingerprint density at radius 2 is 2.04 bits per heavy atom. The van der Waals surface area contributed by atoms with E-state index in [0.717, 1.165) is 32.1 Å². The summed E-state index contributed by atoms with van der Waals surface area (Å²) in [6.45, 7) is 11.6. The van der Waals surface area contributed by atoms with Gasteiger partial charge in [0.2, 0.25) is 0 Å². The molecular weight excluding hydrogens is 433 g/mol. The number of nitrogens with zero attached hydrogens (tertiary/aromatic N) is 1. The molecule has 2 fully saturated rings. The van der Waals surface area contributed by atoms with Crippen molar-refractivity contribution in [3.63, 3.8) is 0 Å². The summed E-state index contributed by atoms with van der Waals surface area (Å²) in [6, 6.07) is 0.563. The Balaban J connectivity index is 0.00000288. The summed E-state index contributed by atoms with van der Waals surface area (Å²) in [7, 11) is 0. The number of ether oxygens (including phenoxy) is 1. The summed E-state index contributed by atoms with van der Waals surface area (Å²) in [4.78, 5) is 4.90. The smallest absolute Gasteiger partial charge is 0.191 e. The van der Waals surface area contributed by atoms with Gasteiger partial charge in [0.1, 0.15) is 0 Å². The third-order valence-corrected chi connectivity index (χ3v) is 5.84. The van der Waals surface area contributed by atoms with Crippen LogP contribution in [0.25, 0.3) is 0 Å². The number of hydrogen-bond acceptors (Lipinski definition) is 3. The van der Waals surface area contributed by atoms with Crippen LogP contribution < -0.4 is 10.6 Å². The molecule has 4 nitrogen and oxygen atoms in total. The first kappa shape index (κ1) is 22.4. The molecule has 2 aliphatic heterocycles. The van der Waals surface area contributed by atoms with E-state index >= 15 is 0 Å². The molecule has 2 rings (SSSR count). The maximum absolute atomic E-state index is 6.08. The molecule has 0 amide bonds. The maximum atomic E-state index is 6.08. The third kappa shape index (κ3) is 7.28. The van der Waals surface area contributed by atoms with Gasteiger partial charge >= 0.3 is 0 Å². The lowest BCUT2D eigenvalue weighted by molar-refractivity contribution is -0.0823. The fourth-order valence-corrected chi connectivity index (χ4v) is 4.64. The van der Waals surface area contributed by atoms with Crippen LogP contribution in [0.15, 0.2) is 4.99 Å². The van der Waals surface area contributed by atoms with Crippen LogP contribution in [0.2, 0.25) is 0 Å². The number of guanidine groups is 1. The van der Waals surface area contributed by atoms with E-state index in [1.54, 1.807) is 0 Å². The van der Waals surface area contributed by atoms with Crippen LogP contribution in [0.4, 0.5) is 0 Å². The Kier molecular flexibility index (Phi) is 10.4. The summed E-state index contributed by atoms with van der Waals surface area (Å²) in [5.41, 5.74) is 0.187. The van der Waals surface area contributed by atoms with Crippen molar-refractivity contribution in [2.24, 2.45) is 16.3 Å². The quantitative estimate of drug-likeness (QED) is 0.373. The first-order valence-electron chi connectivity index (χ1n) is 9.25. The highest BCUT2D eigenvalue weighted by Gasteiger charge is 2.35. The molecule has 0 saturated carbocycles. The van der Waals surface area contributed by atoms with E-state index < -0.39 is 0 Å². The van der Waals surface area contributed by atoms with Gasteiger partial charge in [0.25, 0.3) is 0 Å². The molecule has 0 aromatic carbocycles. The van der Waals surface area contributed by atoms with E-state index in [1.807, 2.05) is 11.8 Å². The standard InChI is InChI=1S/C18H35N3OS.HI/c1-5-19-17(21-15-9-7-11-23-13-15)20-12-14-8-6-10-22-16(14)18(2,3)4;/h14-16H,5-13H2,1-4H3,(H2,19,20,21);1H. The Bertz CT molecular complexity index is 381. The Morgan fingerprint density at radius 1 is 1.25 bits per heavy atom. The topological polar surface area (TPSA) is 45.7 Å². The Hall–Kier alpha value is 0.310. The zero-order valence-corrected chi connectivity index (χ0v) is 18.9. The highest BCUT2D eigenvalue weighted by molar-refractivity contribution is 14.0. The molecular formula is C18H36IN3OS. The third-order valence-electron chi connectivity index (χ3n) is 4.63. The van der Waals surface area contributed by atoms with Crippen LogP contribution >= 0.6 is 35.7 Å². The number of aliphatic imine (C=N–C) groups is 1. The van der Waals surface area contributed by atoms with Crippen LogP contribution in [-0.2, 0) is 4.74 Å². The molecule has 0 aromatic heterocycles. The van der Waals surface area contributed by atoms with Crippen LogP contribution in [0.1, 0.15) is 53.4 Å². The minimum absolute atomic E-state index is 0. The predicted molar refractivity (Wildman–Crippen MR) is 117 cm³/mol. The highest BCUT2D eigenvalue weighted by Crippen LogP contribution is 2.34. The van der Waals surface area contributed by atoms with Gasteiger partial charge < -0.3 is 15.4 Å². The second-order valence-electron chi connectivity index (χ2n) is 7.84. The zero-order valence-electron chi connectivity index (χ0n) is 15.8. The minimum Gasteiger partial charge on any atom is -0.377 e. The molecule has 2 N–H and O–H groups in total. The summed E-state index contributed by atoms with van der Waals surface area (Å²) in [5, 5.41) is 7.04. The van der Waals surface area contributed by atoms with Crippen LogP contribution in [-0.4, -0.2) is 49.3 Å². The Morgan fingerprint density at radius 3 is 2.67 bits per heavy atom. The molecule has 0 aromatic rings. The summed E-state index contributed by atoms with van der Waals surface area (Å²) < 4.78 is 6.08. The summed E-state index contributed by atoms with van der Waals surface area (Å²) in [6.07, 6.45) is 5.27. The molecule has 2 aliphatic rings. The summed E-state index contributed by atoms with van der Waals surface area (Å²) in [5.74, 6) is 4.01. The van der Waals surface area contributed by atoms with Gasteiger partial charge in [-0.15, -0.1) is 24.0 Å². The van der Waals surface area contributed by atoms with Crippen LogP contribution in [0.5, 0.6) is 0 Å². The highest BCUT2D eigenvalue weighted by atomic mass is 127. The first-order valence-corrected chi connectivity index (χ1v) is 10.4. The largest absolute Gasteiger partial charge is 0.377 e. The fraction of sp³-hybridized carbons (Fsp3) is 0.944. The van der Waals surface area contributed by atoms with Crippen molar-refractivity contribution in [1.29, 1.82) is 0 Å². The van der Waals surface area contributed by atoms with Crippen molar-refractivity contribution in [3.05, 3.63) is 0 Å². The SMILES string of the molecule is CCNC(=NCC1CCCOC1C(C)(C)C)NC1CCCSC1.I. The van der Waals surface area contributed by atoms with Gasteiger partial charge in [0.05, 0.1) is 6.10 Å². The van der Waals surface area contributed by atoms with E-state index in [0.29, 0.717) is 18.1 Å². The van der Waals surface area contributed by atoms with Crippen molar-refractivity contribution < 1.29 is 4.74 Å². The molecule has 2 saturated heterocycles. The lowest BCUT2D eigenvalue weighted by atomic mass is 9.78. The summed E-state index contributed by atoms with van der Waals surface area (Å²) >= 11 is 2.05. The molecule has 3 atom stereocenters. The molecule has 142 valence electrons. The van der Waals surface area contributed by atoms with Gasteiger partial charge in [0.15, 0.2) is 5.96 Å². The van der Waals surface area contributed by atoms with Gasteiger partial charge in [-0.2, -0.15) is 11.8 Å². The Labute approximate surface area is 169 Å². The molecule has 0 aliphatic carbocycles. The lowest BCUT2D eigenvalue weighted by Crippen LogP contribution is -2.46. The minimum atomic E-state index is 0. The molecule has 2 heterocycles. The number of rotatable bonds is 4. The van der Waals surface area contributed by atoms with Gasteiger partial charge in [-0.1, -0.05) is 20.8 Å². The van der Waals surface area contributed by atoms with Crippen LogP contribution in [0, 0.1) is 11.3 Å². The number of hydrogen-bond donors (Lipinski definition) is 2. The zero-order chi connectivity index (χ0) is 16.7. The van der Waals surface area contributed by atoms with Gasteiger partial charge in [-0.05, 0) is 43.8 Å². The van der Waals surface area contributed by atoms with Gasteiger partial charge in [-0.25, -0.2) is 0 Å².